The van der Waals surface area contributed by atoms with Gasteiger partial charge < -0.3 is 4.74 Å². The van der Waals surface area contributed by atoms with Gasteiger partial charge in [-0.25, -0.2) is 17.9 Å². The number of esters is 1. The first kappa shape index (κ1) is 16.1. The van der Waals surface area contributed by atoms with Crippen molar-refractivity contribution in [3.8, 4) is 0 Å². The summed E-state index contributed by atoms with van der Waals surface area (Å²) in [4.78, 5) is 15.5. The number of hydrogen-bond donors (Lipinski definition) is 1. The van der Waals surface area contributed by atoms with Gasteiger partial charge in [0.15, 0.2) is 0 Å². The van der Waals surface area contributed by atoms with Crippen LogP contribution in [0.5, 0.6) is 0 Å². The summed E-state index contributed by atoms with van der Waals surface area (Å²) in [5, 5.41) is 0. The van der Waals surface area contributed by atoms with E-state index in [-0.39, 0.29) is 10.5 Å². The fourth-order valence-electron chi connectivity index (χ4n) is 1.91. The molecule has 0 radical (unpaired) electrons. The summed E-state index contributed by atoms with van der Waals surface area (Å²) in [6.45, 7) is 1.72. The molecule has 116 valence electrons. The van der Waals surface area contributed by atoms with E-state index in [2.05, 4.69) is 14.4 Å². The average Bonchev–Trinajstić information content (AvgIpc) is 2.54. The van der Waals surface area contributed by atoms with Crippen LogP contribution >= 0.6 is 0 Å². The Balaban J connectivity index is 2.25. The van der Waals surface area contributed by atoms with Crippen LogP contribution in [0.1, 0.15) is 28.9 Å². The molecule has 0 saturated heterocycles. The number of ether oxygens (including phenoxy) is 1. The third kappa shape index (κ3) is 3.69. The van der Waals surface area contributed by atoms with Gasteiger partial charge in [0.2, 0.25) is 10.0 Å². The minimum absolute atomic E-state index is 0.00569. The third-order valence-electron chi connectivity index (χ3n) is 3.08. The normalized spacial score (nSPS) is 12.6. The van der Waals surface area contributed by atoms with Crippen molar-refractivity contribution in [2.45, 2.75) is 17.9 Å². The Bertz CT molecular complexity index is 760. The number of methoxy groups -OCH3 is 1. The number of rotatable bonds is 5. The Kier molecular flexibility index (Phi) is 4.89. The van der Waals surface area contributed by atoms with Gasteiger partial charge in [0.05, 0.1) is 17.6 Å². The molecular weight excluding hydrogens is 304 g/mol. The van der Waals surface area contributed by atoms with Crippen molar-refractivity contribution in [1.29, 1.82) is 0 Å². The summed E-state index contributed by atoms with van der Waals surface area (Å²) in [6, 6.07) is 8.77. The molecule has 2 rings (SSSR count). The van der Waals surface area contributed by atoms with Crippen LogP contribution in [-0.2, 0) is 14.8 Å². The van der Waals surface area contributed by atoms with E-state index in [9.17, 15) is 13.2 Å². The quantitative estimate of drug-likeness (QED) is 0.851. The number of benzene rings is 1. The van der Waals surface area contributed by atoms with Gasteiger partial charge in [-0.15, -0.1) is 0 Å². The number of sulfonamides is 1. The maximum absolute atomic E-state index is 12.4. The molecule has 0 amide bonds. The lowest BCUT2D eigenvalue weighted by molar-refractivity contribution is 0.0600. The number of hydrogen-bond acceptors (Lipinski definition) is 5. The first-order chi connectivity index (χ1) is 10.4. The van der Waals surface area contributed by atoms with Crippen LogP contribution in [0, 0.1) is 0 Å². The summed E-state index contributed by atoms with van der Waals surface area (Å²) in [6.07, 6.45) is 3.21. The molecule has 7 heteroatoms. The van der Waals surface area contributed by atoms with E-state index in [4.69, 9.17) is 0 Å². The third-order valence-corrected chi connectivity index (χ3v) is 4.62. The van der Waals surface area contributed by atoms with Gasteiger partial charge in [0.25, 0.3) is 0 Å². The topological polar surface area (TPSA) is 85.4 Å². The first-order valence-electron chi connectivity index (χ1n) is 6.54. The average molecular weight is 320 g/mol. The summed E-state index contributed by atoms with van der Waals surface area (Å²) in [5.41, 5.74) is 0.926. The number of pyridine rings is 1. The van der Waals surface area contributed by atoms with Gasteiger partial charge >= 0.3 is 5.97 Å². The van der Waals surface area contributed by atoms with Gasteiger partial charge in [0, 0.05) is 18.4 Å². The molecule has 22 heavy (non-hydrogen) atoms. The van der Waals surface area contributed by atoms with E-state index in [1.165, 1.54) is 31.4 Å². The molecule has 0 saturated carbocycles. The second-order valence-corrected chi connectivity index (χ2v) is 6.36. The van der Waals surface area contributed by atoms with Gasteiger partial charge in [-0.2, -0.15) is 0 Å². The first-order valence-corrected chi connectivity index (χ1v) is 8.03. The van der Waals surface area contributed by atoms with Gasteiger partial charge in [-0.05, 0) is 36.8 Å². The highest BCUT2D eigenvalue weighted by molar-refractivity contribution is 7.89. The maximum atomic E-state index is 12.4. The standard InChI is InChI=1S/C15H16N2O4S/c1-11(13-6-4-8-16-10-13)17-22(19,20)14-7-3-5-12(9-14)15(18)21-2/h3-11,17H,1-2H3/t11-/m1/s1. The molecule has 1 aromatic heterocycles. The molecule has 0 aliphatic heterocycles. The van der Waals surface area contributed by atoms with Crippen LogP contribution in [0.15, 0.2) is 53.7 Å². The molecule has 1 atom stereocenters. The number of nitrogens with one attached hydrogen (secondary N) is 1. The maximum Gasteiger partial charge on any atom is 0.337 e. The monoisotopic (exact) mass is 320 g/mol. The molecule has 0 bridgehead atoms. The summed E-state index contributed by atoms with van der Waals surface area (Å²) >= 11 is 0. The van der Waals surface area contributed by atoms with Crippen molar-refractivity contribution >= 4 is 16.0 Å². The fourth-order valence-corrected chi connectivity index (χ4v) is 3.19. The van der Waals surface area contributed by atoms with Crippen LogP contribution in [-0.4, -0.2) is 26.5 Å². The highest BCUT2D eigenvalue weighted by Crippen LogP contribution is 2.17. The smallest absolute Gasteiger partial charge is 0.337 e. The van der Waals surface area contributed by atoms with Crippen molar-refractivity contribution < 1.29 is 17.9 Å². The van der Waals surface area contributed by atoms with Crippen LogP contribution in [0.2, 0.25) is 0 Å². The molecular formula is C15H16N2O4S. The number of aromatic nitrogens is 1. The van der Waals surface area contributed by atoms with Crippen LogP contribution in [0.25, 0.3) is 0 Å². The van der Waals surface area contributed by atoms with Crippen LogP contribution in [0.3, 0.4) is 0 Å². The lowest BCUT2D eigenvalue weighted by atomic mass is 10.2. The minimum atomic E-state index is -3.76. The molecule has 0 aliphatic rings. The zero-order valence-electron chi connectivity index (χ0n) is 12.2. The molecule has 0 unspecified atom stereocenters. The lowest BCUT2D eigenvalue weighted by Gasteiger charge is -2.14. The Morgan fingerprint density at radius 1 is 1.27 bits per heavy atom. The zero-order valence-corrected chi connectivity index (χ0v) is 13.0. The van der Waals surface area contributed by atoms with Crippen molar-refractivity contribution in [1.82, 2.24) is 9.71 Å². The largest absolute Gasteiger partial charge is 0.465 e. The van der Waals surface area contributed by atoms with Crippen molar-refractivity contribution in [2.24, 2.45) is 0 Å². The second-order valence-electron chi connectivity index (χ2n) is 4.65. The Hall–Kier alpha value is -2.25. The van der Waals surface area contributed by atoms with Gasteiger partial charge in [0.1, 0.15) is 0 Å². The molecule has 0 aliphatic carbocycles. The number of carbonyl (C=O) groups excluding carboxylic acids is 1. The van der Waals surface area contributed by atoms with Gasteiger partial charge in [-0.3, -0.25) is 4.98 Å². The highest BCUT2D eigenvalue weighted by atomic mass is 32.2. The molecule has 1 N–H and O–H groups in total. The summed E-state index contributed by atoms with van der Waals surface area (Å²) < 4.78 is 31.9. The molecule has 6 nitrogen and oxygen atoms in total. The van der Waals surface area contributed by atoms with Crippen molar-refractivity contribution in [2.75, 3.05) is 7.11 Å². The summed E-state index contributed by atoms with van der Waals surface area (Å²) in [5.74, 6) is -0.586. The molecule has 1 heterocycles. The van der Waals surface area contributed by atoms with E-state index >= 15 is 0 Å². The molecule has 2 aromatic rings. The highest BCUT2D eigenvalue weighted by Gasteiger charge is 2.20. The van der Waals surface area contributed by atoms with Crippen molar-refractivity contribution in [3.63, 3.8) is 0 Å². The SMILES string of the molecule is COC(=O)c1cccc(S(=O)(=O)N[C@H](C)c2cccnc2)c1. The predicted octanol–water partition coefficient (Wildman–Crippen LogP) is 1.91. The Morgan fingerprint density at radius 3 is 2.68 bits per heavy atom. The lowest BCUT2D eigenvalue weighted by Crippen LogP contribution is -2.27. The molecule has 1 aromatic carbocycles. The van der Waals surface area contributed by atoms with Crippen molar-refractivity contribution in [3.05, 3.63) is 59.9 Å². The minimum Gasteiger partial charge on any atom is -0.465 e. The fraction of sp³-hybridized carbons (Fsp3) is 0.200. The number of nitrogens with zero attached hydrogens (tertiary/aromatic N) is 1. The predicted molar refractivity (Wildman–Crippen MR) is 80.8 cm³/mol. The van der Waals surface area contributed by atoms with E-state index < -0.39 is 22.0 Å². The van der Waals surface area contributed by atoms with E-state index in [1.54, 1.807) is 31.5 Å². The number of carbonyl (C=O) groups is 1. The van der Waals surface area contributed by atoms with E-state index in [0.29, 0.717) is 0 Å². The van der Waals surface area contributed by atoms with Gasteiger partial charge in [-0.1, -0.05) is 12.1 Å². The van der Waals surface area contributed by atoms with E-state index in [1.807, 2.05) is 0 Å². The molecule has 0 fully saturated rings. The Morgan fingerprint density at radius 2 is 2.05 bits per heavy atom. The second kappa shape index (κ2) is 6.67. The Labute approximate surface area is 129 Å². The van der Waals surface area contributed by atoms with Crippen LogP contribution in [0.4, 0.5) is 0 Å². The van der Waals surface area contributed by atoms with E-state index in [0.717, 1.165) is 5.56 Å². The zero-order chi connectivity index (χ0) is 16.2. The van der Waals surface area contributed by atoms with Crippen LogP contribution < -0.4 is 4.72 Å². The summed E-state index contributed by atoms with van der Waals surface area (Å²) in [7, 11) is -2.52. The molecule has 0 spiro atoms.